The first-order valence-electron chi connectivity index (χ1n) is 8.47. The summed E-state index contributed by atoms with van der Waals surface area (Å²) < 4.78 is 44.6. The predicted molar refractivity (Wildman–Crippen MR) is 108 cm³/mol. The van der Waals surface area contributed by atoms with Gasteiger partial charge in [0.25, 0.3) is 0 Å². The zero-order valence-corrected chi connectivity index (χ0v) is 16.7. The average molecular weight is 402 g/mol. The van der Waals surface area contributed by atoms with E-state index in [1.54, 1.807) is 48.5 Å². The highest BCUT2D eigenvalue weighted by Crippen LogP contribution is 2.34. The molecule has 3 aromatic rings. The van der Waals surface area contributed by atoms with Crippen LogP contribution in [0.2, 0.25) is 0 Å². The van der Waals surface area contributed by atoms with Crippen LogP contribution in [0.25, 0.3) is 10.8 Å². The molecule has 28 heavy (non-hydrogen) atoms. The minimum absolute atomic E-state index is 0.0165. The van der Waals surface area contributed by atoms with Crippen molar-refractivity contribution < 1.29 is 22.6 Å². The normalized spacial score (nSPS) is 11.4. The van der Waals surface area contributed by atoms with Gasteiger partial charge in [-0.1, -0.05) is 24.3 Å². The number of hydrogen-bond donors (Lipinski definition) is 2. The highest BCUT2D eigenvalue weighted by Gasteiger charge is 2.20. The van der Waals surface area contributed by atoms with Gasteiger partial charge in [-0.2, -0.15) is 0 Å². The van der Waals surface area contributed by atoms with Crippen LogP contribution in [0.5, 0.6) is 17.2 Å². The van der Waals surface area contributed by atoms with Gasteiger partial charge in [0.05, 0.1) is 31.8 Å². The molecule has 0 fully saturated rings. The standard InChI is InChI=1S/C20H22N2O5S/c1-25-13-10-18(26-2)16(19(11-13)27-3)12-22-28(23,24)20-9-5-6-14-15(20)7-4-8-17(14)21/h4-11,22H,12,21H2,1-3H3. The Hall–Kier alpha value is -2.97. The minimum Gasteiger partial charge on any atom is -0.496 e. The van der Waals surface area contributed by atoms with Gasteiger partial charge in [0, 0.05) is 35.1 Å². The molecular formula is C20H22N2O5S. The molecule has 0 bridgehead atoms. The van der Waals surface area contributed by atoms with Gasteiger partial charge in [-0.15, -0.1) is 0 Å². The molecule has 3 N–H and O–H groups in total. The first-order chi connectivity index (χ1) is 13.4. The molecule has 3 aromatic carbocycles. The third kappa shape index (κ3) is 3.69. The van der Waals surface area contributed by atoms with Crippen LogP contribution in [0, 0.1) is 0 Å². The number of methoxy groups -OCH3 is 3. The maximum absolute atomic E-state index is 13.0. The summed E-state index contributed by atoms with van der Waals surface area (Å²) in [7, 11) is 0.715. The second-order valence-electron chi connectivity index (χ2n) is 6.03. The lowest BCUT2D eigenvalue weighted by molar-refractivity contribution is 0.368. The Balaban J connectivity index is 1.99. The van der Waals surface area contributed by atoms with Crippen molar-refractivity contribution in [3.63, 3.8) is 0 Å². The maximum atomic E-state index is 13.0. The molecule has 3 rings (SSSR count). The van der Waals surface area contributed by atoms with Gasteiger partial charge in [0.1, 0.15) is 17.2 Å². The summed E-state index contributed by atoms with van der Waals surface area (Å²) in [5, 5.41) is 1.24. The molecule has 0 aliphatic rings. The van der Waals surface area contributed by atoms with E-state index in [0.29, 0.717) is 39.3 Å². The molecule has 7 nitrogen and oxygen atoms in total. The van der Waals surface area contributed by atoms with E-state index in [0.717, 1.165) is 0 Å². The van der Waals surface area contributed by atoms with Crippen molar-refractivity contribution in [3.05, 3.63) is 54.1 Å². The molecular weight excluding hydrogens is 380 g/mol. The van der Waals surface area contributed by atoms with Crippen molar-refractivity contribution in [1.82, 2.24) is 4.72 Å². The summed E-state index contributed by atoms with van der Waals surface area (Å²) in [6, 6.07) is 13.5. The topological polar surface area (TPSA) is 99.9 Å². The molecule has 148 valence electrons. The van der Waals surface area contributed by atoms with Crippen molar-refractivity contribution in [2.45, 2.75) is 11.4 Å². The monoisotopic (exact) mass is 402 g/mol. The number of nitrogens with two attached hydrogens (primary N) is 1. The number of fused-ring (bicyclic) bond motifs is 1. The van der Waals surface area contributed by atoms with Gasteiger partial charge in [-0.05, 0) is 12.1 Å². The van der Waals surface area contributed by atoms with Gasteiger partial charge in [-0.3, -0.25) is 0 Å². The number of nitrogens with one attached hydrogen (secondary N) is 1. The quantitative estimate of drug-likeness (QED) is 0.590. The number of benzene rings is 3. The molecule has 0 aliphatic carbocycles. The predicted octanol–water partition coefficient (Wildman–Crippen LogP) is 2.93. The van der Waals surface area contributed by atoms with Crippen molar-refractivity contribution >= 4 is 26.5 Å². The summed E-state index contributed by atoms with van der Waals surface area (Å²) >= 11 is 0. The number of nitrogen functional groups attached to an aromatic ring is 1. The minimum atomic E-state index is -3.82. The fourth-order valence-corrected chi connectivity index (χ4v) is 4.25. The Kier molecular flexibility index (Phi) is 5.62. The molecule has 8 heteroatoms. The molecule has 0 radical (unpaired) electrons. The van der Waals surface area contributed by atoms with Crippen LogP contribution in [0.3, 0.4) is 0 Å². The van der Waals surface area contributed by atoms with Crippen molar-refractivity contribution in [3.8, 4) is 17.2 Å². The summed E-state index contributed by atoms with van der Waals surface area (Å²) in [6.45, 7) is -0.0165. The fourth-order valence-electron chi connectivity index (χ4n) is 3.04. The van der Waals surface area contributed by atoms with Crippen LogP contribution in [0.15, 0.2) is 53.4 Å². The van der Waals surface area contributed by atoms with Crippen LogP contribution in [0.4, 0.5) is 5.69 Å². The molecule has 0 amide bonds. The van der Waals surface area contributed by atoms with Gasteiger partial charge in [-0.25, -0.2) is 13.1 Å². The number of anilines is 1. The molecule has 0 heterocycles. The van der Waals surface area contributed by atoms with Crippen molar-refractivity contribution in [2.24, 2.45) is 0 Å². The van der Waals surface area contributed by atoms with E-state index in [2.05, 4.69) is 4.72 Å². The molecule has 0 saturated heterocycles. The number of rotatable bonds is 7. The Bertz CT molecular complexity index is 1090. The van der Waals surface area contributed by atoms with E-state index in [1.165, 1.54) is 21.3 Å². The van der Waals surface area contributed by atoms with E-state index in [9.17, 15) is 8.42 Å². The second kappa shape index (κ2) is 7.95. The first-order valence-corrected chi connectivity index (χ1v) is 9.95. The van der Waals surface area contributed by atoms with Gasteiger partial charge in [0.2, 0.25) is 10.0 Å². The van der Waals surface area contributed by atoms with Crippen LogP contribution in [0.1, 0.15) is 5.56 Å². The number of ether oxygens (including phenoxy) is 3. The molecule has 0 aliphatic heterocycles. The van der Waals surface area contributed by atoms with E-state index >= 15 is 0 Å². The average Bonchev–Trinajstić information content (AvgIpc) is 2.71. The summed E-state index contributed by atoms with van der Waals surface area (Å²) in [5.41, 5.74) is 7.06. The molecule has 0 unspecified atom stereocenters. The Labute approximate surface area is 164 Å². The lowest BCUT2D eigenvalue weighted by Gasteiger charge is -2.16. The molecule has 0 aromatic heterocycles. The maximum Gasteiger partial charge on any atom is 0.241 e. The second-order valence-corrected chi connectivity index (χ2v) is 7.77. The Morgan fingerprint density at radius 2 is 1.50 bits per heavy atom. The summed E-state index contributed by atoms with van der Waals surface area (Å²) in [4.78, 5) is 0.156. The van der Waals surface area contributed by atoms with Crippen molar-refractivity contribution in [2.75, 3.05) is 27.1 Å². The fraction of sp³-hybridized carbons (Fsp3) is 0.200. The molecule has 0 saturated carbocycles. The van der Waals surface area contributed by atoms with Crippen LogP contribution < -0.4 is 24.7 Å². The first kappa shape index (κ1) is 19.8. The summed E-state index contributed by atoms with van der Waals surface area (Å²) in [5.74, 6) is 1.46. The van der Waals surface area contributed by atoms with Crippen LogP contribution >= 0.6 is 0 Å². The van der Waals surface area contributed by atoms with E-state index in [1.807, 2.05) is 0 Å². The summed E-state index contributed by atoms with van der Waals surface area (Å²) in [6.07, 6.45) is 0. The third-order valence-electron chi connectivity index (χ3n) is 4.46. The lowest BCUT2D eigenvalue weighted by Crippen LogP contribution is -2.24. The number of sulfonamides is 1. The van der Waals surface area contributed by atoms with Gasteiger partial charge < -0.3 is 19.9 Å². The van der Waals surface area contributed by atoms with Gasteiger partial charge >= 0.3 is 0 Å². The Morgan fingerprint density at radius 3 is 2.11 bits per heavy atom. The highest BCUT2D eigenvalue weighted by molar-refractivity contribution is 7.89. The van der Waals surface area contributed by atoms with Gasteiger partial charge in [0.15, 0.2) is 0 Å². The van der Waals surface area contributed by atoms with Crippen LogP contribution in [-0.2, 0) is 16.6 Å². The molecule has 0 spiro atoms. The zero-order chi connectivity index (χ0) is 20.3. The largest absolute Gasteiger partial charge is 0.496 e. The lowest BCUT2D eigenvalue weighted by atomic mass is 10.1. The van der Waals surface area contributed by atoms with E-state index in [-0.39, 0.29) is 11.4 Å². The van der Waals surface area contributed by atoms with Crippen LogP contribution in [-0.4, -0.2) is 29.7 Å². The Morgan fingerprint density at radius 1 is 0.893 bits per heavy atom. The van der Waals surface area contributed by atoms with Crippen molar-refractivity contribution in [1.29, 1.82) is 0 Å². The SMILES string of the molecule is COc1cc(OC)c(CNS(=O)(=O)c2cccc3c(N)cccc23)c(OC)c1. The zero-order valence-electron chi connectivity index (χ0n) is 15.9. The molecule has 0 atom stereocenters. The van der Waals surface area contributed by atoms with E-state index < -0.39 is 10.0 Å². The smallest absolute Gasteiger partial charge is 0.241 e. The number of hydrogen-bond acceptors (Lipinski definition) is 6. The third-order valence-corrected chi connectivity index (χ3v) is 5.92. The van der Waals surface area contributed by atoms with E-state index in [4.69, 9.17) is 19.9 Å². The highest BCUT2D eigenvalue weighted by atomic mass is 32.2.